The van der Waals surface area contributed by atoms with E-state index in [4.69, 9.17) is 0 Å². The zero-order valence-electron chi connectivity index (χ0n) is 5.93. The van der Waals surface area contributed by atoms with E-state index < -0.39 is 0 Å². The molecule has 4 nitrogen and oxygen atoms in total. The predicted octanol–water partition coefficient (Wildman–Crippen LogP) is 0.956. The van der Waals surface area contributed by atoms with Crippen LogP contribution in [0.3, 0.4) is 0 Å². The second-order valence-corrected chi connectivity index (χ2v) is 5.64. The number of aromatic amines is 1. The third kappa shape index (κ3) is 2.59. The Bertz CT molecular complexity index is 188. The van der Waals surface area contributed by atoms with Gasteiger partial charge in [-0.25, -0.2) is 0 Å². The van der Waals surface area contributed by atoms with Gasteiger partial charge >= 0.3 is 0 Å². The molecular weight excluding hydrogens is 243 g/mol. The quantitative estimate of drug-likeness (QED) is 0.630. The van der Waals surface area contributed by atoms with Gasteiger partial charge in [-0.2, -0.15) is 5.21 Å². The fourth-order valence-corrected chi connectivity index (χ4v) is 0.975. The average molecular weight is 252 g/mol. The van der Waals surface area contributed by atoms with Gasteiger partial charge in [0.25, 0.3) is 0 Å². The first kappa shape index (κ1) is 7.90. The molecule has 0 saturated heterocycles. The maximum atomic E-state index is 3.85. The van der Waals surface area contributed by atoms with Gasteiger partial charge in [0, 0.05) is 9.84 Å². The van der Waals surface area contributed by atoms with Gasteiger partial charge in [0.05, 0.1) is 0 Å². The molecule has 5 heteroatoms. The smallest absolute Gasteiger partial charge is 0.175 e. The first-order valence-electron chi connectivity index (χ1n) is 2.99. The standard InChI is InChI=1S/C5H9IN4/c1-5(2,6)3-4-7-9-10-8-4/h3H2,1-2H3,(H,7,8,9,10). The summed E-state index contributed by atoms with van der Waals surface area (Å²) in [6, 6.07) is 0. The van der Waals surface area contributed by atoms with Crippen molar-refractivity contribution in [3.8, 4) is 0 Å². The average Bonchev–Trinajstić information content (AvgIpc) is 2.12. The van der Waals surface area contributed by atoms with Crippen molar-refractivity contribution < 1.29 is 0 Å². The Morgan fingerprint density at radius 3 is 2.70 bits per heavy atom. The Labute approximate surface area is 72.9 Å². The highest BCUT2D eigenvalue weighted by Crippen LogP contribution is 2.19. The SMILES string of the molecule is CC(C)(I)Cc1nn[nH]n1. The molecule has 0 radical (unpaired) electrons. The summed E-state index contributed by atoms with van der Waals surface area (Å²) < 4.78 is 0.210. The Morgan fingerprint density at radius 2 is 2.30 bits per heavy atom. The van der Waals surface area contributed by atoms with Crippen molar-refractivity contribution in [2.75, 3.05) is 0 Å². The van der Waals surface area contributed by atoms with Gasteiger partial charge in [-0.3, -0.25) is 0 Å². The van der Waals surface area contributed by atoms with Crippen LogP contribution in [0.2, 0.25) is 0 Å². The van der Waals surface area contributed by atoms with Crippen LogP contribution >= 0.6 is 22.6 Å². The fourth-order valence-electron chi connectivity index (χ4n) is 0.633. The van der Waals surface area contributed by atoms with Crippen molar-refractivity contribution in [3.05, 3.63) is 5.82 Å². The largest absolute Gasteiger partial charge is 0.177 e. The molecule has 0 fully saturated rings. The van der Waals surface area contributed by atoms with Crippen LogP contribution in [0.15, 0.2) is 0 Å². The van der Waals surface area contributed by atoms with Crippen molar-refractivity contribution in [2.45, 2.75) is 23.7 Å². The van der Waals surface area contributed by atoms with E-state index in [1.807, 2.05) is 0 Å². The molecule has 56 valence electrons. The van der Waals surface area contributed by atoms with E-state index >= 15 is 0 Å². The lowest BCUT2D eigenvalue weighted by Crippen LogP contribution is -2.14. The van der Waals surface area contributed by atoms with E-state index in [0.717, 1.165) is 12.2 Å². The minimum atomic E-state index is 0.210. The molecule has 0 bridgehead atoms. The van der Waals surface area contributed by atoms with E-state index in [1.165, 1.54) is 0 Å². The number of halogens is 1. The molecule has 0 saturated carbocycles. The lowest BCUT2D eigenvalue weighted by atomic mass is 10.1. The summed E-state index contributed by atoms with van der Waals surface area (Å²) in [5.41, 5.74) is 0. The van der Waals surface area contributed by atoms with Crippen LogP contribution in [-0.2, 0) is 6.42 Å². The van der Waals surface area contributed by atoms with E-state index in [1.54, 1.807) is 0 Å². The number of nitrogens with one attached hydrogen (secondary N) is 1. The summed E-state index contributed by atoms with van der Waals surface area (Å²) in [4.78, 5) is 0. The van der Waals surface area contributed by atoms with Gasteiger partial charge in [0.15, 0.2) is 5.82 Å². The Kier molecular flexibility index (Phi) is 2.22. The minimum absolute atomic E-state index is 0.210. The lowest BCUT2D eigenvalue weighted by Gasteiger charge is -2.11. The molecular formula is C5H9IN4. The highest BCUT2D eigenvalue weighted by atomic mass is 127. The Morgan fingerprint density at radius 1 is 1.60 bits per heavy atom. The number of rotatable bonds is 2. The Balaban J connectivity index is 2.57. The number of nitrogens with zero attached hydrogens (tertiary/aromatic N) is 3. The van der Waals surface area contributed by atoms with Gasteiger partial charge < -0.3 is 0 Å². The van der Waals surface area contributed by atoms with Gasteiger partial charge in [-0.05, 0) is 0 Å². The predicted molar refractivity (Wildman–Crippen MR) is 46.0 cm³/mol. The summed E-state index contributed by atoms with van der Waals surface area (Å²) in [5.74, 6) is 0.777. The van der Waals surface area contributed by atoms with Crippen LogP contribution in [0.25, 0.3) is 0 Å². The molecule has 0 aromatic carbocycles. The third-order valence-electron chi connectivity index (χ3n) is 0.968. The van der Waals surface area contributed by atoms with Crippen molar-refractivity contribution in [3.63, 3.8) is 0 Å². The van der Waals surface area contributed by atoms with Gasteiger partial charge in [-0.15, -0.1) is 10.2 Å². The van der Waals surface area contributed by atoms with E-state index in [9.17, 15) is 0 Å². The van der Waals surface area contributed by atoms with Crippen LogP contribution in [0, 0.1) is 0 Å². The maximum absolute atomic E-state index is 3.85. The first-order valence-corrected chi connectivity index (χ1v) is 4.07. The van der Waals surface area contributed by atoms with E-state index in [0.29, 0.717) is 0 Å². The van der Waals surface area contributed by atoms with Gasteiger partial charge in [0.2, 0.25) is 0 Å². The lowest BCUT2D eigenvalue weighted by molar-refractivity contribution is 0.707. The number of alkyl halides is 1. The Hall–Kier alpha value is -0.200. The van der Waals surface area contributed by atoms with E-state index in [2.05, 4.69) is 57.1 Å². The summed E-state index contributed by atoms with van der Waals surface area (Å²) in [7, 11) is 0. The molecule has 0 unspecified atom stereocenters. The normalized spacial score (nSPS) is 11.9. The number of tetrazole rings is 1. The molecule has 0 spiro atoms. The third-order valence-corrected chi connectivity index (χ3v) is 1.35. The molecule has 0 aliphatic heterocycles. The molecule has 10 heavy (non-hydrogen) atoms. The molecule has 1 heterocycles. The summed E-state index contributed by atoms with van der Waals surface area (Å²) in [5, 5.41) is 13.6. The summed E-state index contributed by atoms with van der Waals surface area (Å²) >= 11 is 2.36. The zero-order chi connectivity index (χ0) is 7.61. The van der Waals surface area contributed by atoms with Crippen molar-refractivity contribution in [2.24, 2.45) is 0 Å². The van der Waals surface area contributed by atoms with Crippen molar-refractivity contribution in [1.29, 1.82) is 0 Å². The second-order valence-electron chi connectivity index (χ2n) is 2.72. The molecule has 0 aliphatic rings. The first-order chi connectivity index (χ1) is 4.58. The summed E-state index contributed by atoms with van der Waals surface area (Å²) in [6.45, 7) is 4.26. The van der Waals surface area contributed by atoms with Crippen LogP contribution in [0.5, 0.6) is 0 Å². The molecule has 0 atom stereocenters. The molecule has 1 rings (SSSR count). The van der Waals surface area contributed by atoms with Crippen LogP contribution in [0.1, 0.15) is 19.7 Å². The second kappa shape index (κ2) is 2.81. The maximum Gasteiger partial charge on any atom is 0.175 e. The monoisotopic (exact) mass is 252 g/mol. The minimum Gasteiger partial charge on any atom is -0.177 e. The fraction of sp³-hybridized carbons (Fsp3) is 0.800. The number of hydrogen-bond donors (Lipinski definition) is 1. The molecule has 0 amide bonds. The van der Waals surface area contributed by atoms with Gasteiger partial charge in [0.1, 0.15) is 0 Å². The molecule has 1 N–H and O–H groups in total. The number of aromatic nitrogens is 4. The highest BCUT2D eigenvalue weighted by Gasteiger charge is 2.15. The molecule has 1 aromatic rings. The zero-order valence-corrected chi connectivity index (χ0v) is 8.08. The van der Waals surface area contributed by atoms with Crippen LogP contribution in [0.4, 0.5) is 0 Å². The molecule has 1 aromatic heterocycles. The molecule has 0 aliphatic carbocycles. The van der Waals surface area contributed by atoms with Crippen LogP contribution < -0.4 is 0 Å². The number of hydrogen-bond acceptors (Lipinski definition) is 3. The highest BCUT2D eigenvalue weighted by molar-refractivity contribution is 14.1. The van der Waals surface area contributed by atoms with Crippen molar-refractivity contribution in [1.82, 2.24) is 20.6 Å². The van der Waals surface area contributed by atoms with Crippen LogP contribution in [-0.4, -0.2) is 24.0 Å². The summed E-state index contributed by atoms with van der Waals surface area (Å²) in [6.07, 6.45) is 0.851. The van der Waals surface area contributed by atoms with E-state index in [-0.39, 0.29) is 3.42 Å². The van der Waals surface area contributed by atoms with Gasteiger partial charge in [-0.1, -0.05) is 41.7 Å². The number of H-pyrrole nitrogens is 1. The van der Waals surface area contributed by atoms with Crippen molar-refractivity contribution >= 4 is 22.6 Å². The topological polar surface area (TPSA) is 54.5 Å².